The van der Waals surface area contributed by atoms with Crippen molar-refractivity contribution in [3.05, 3.63) is 47.8 Å². The second kappa shape index (κ2) is 6.80. The molecule has 1 aliphatic carbocycles. The van der Waals surface area contributed by atoms with Gasteiger partial charge in [0.15, 0.2) is 0 Å². The highest BCUT2D eigenvalue weighted by atomic mass is 15.2. The van der Waals surface area contributed by atoms with Crippen LogP contribution < -0.4 is 10.2 Å². The molecule has 1 aliphatic heterocycles. The van der Waals surface area contributed by atoms with E-state index in [0.29, 0.717) is 12.1 Å². The Morgan fingerprint density at radius 3 is 2.67 bits per heavy atom. The fourth-order valence-electron chi connectivity index (χ4n) is 4.02. The first kappa shape index (κ1) is 15.4. The highest BCUT2D eigenvalue weighted by Crippen LogP contribution is 2.28. The van der Waals surface area contributed by atoms with Crippen molar-refractivity contribution in [2.24, 2.45) is 0 Å². The van der Waals surface area contributed by atoms with Gasteiger partial charge in [-0.05, 0) is 37.3 Å². The van der Waals surface area contributed by atoms with Crippen LogP contribution in [0.1, 0.15) is 50.2 Å². The predicted molar refractivity (Wildman–Crippen MR) is 98.3 cm³/mol. The van der Waals surface area contributed by atoms with Gasteiger partial charge in [0.05, 0.1) is 0 Å². The Hall–Kier alpha value is -2.10. The van der Waals surface area contributed by atoms with Crippen LogP contribution in [0.25, 0.3) is 0 Å². The molecule has 2 heterocycles. The zero-order valence-electron chi connectivity index (χ0n) is 14.4. The van der Waals surface area contributed by atoms with Crippen LogP contribution in [-0.4, -0.2) is 22.1 Å². The molecule has 2 aromatic rings. The molecule has 0 amide bonds. The highest BCUT2D eigenvalue weighted by molar-refractivity contribution is 5.52. The van der Waals surface area contributed by atoms with Crippen LogP contribution in [0, 0.1) is 0 Å². The lowest BCUT2D eigenvalue weighted by Gasteiger charge is -2.36. The lowest BCUT2D eigenvalue weighted by Crippen LogP contribution is -2.39. The molecule has 0 saturated heterocycles. The Morgan fingerprint density at radius 1 is 1.04 bits per heavy atom. The van der Waals surface area contributed by atoms with Gasteiger partial charge >= 0.3 is 0 Å². The Bertz CT molecular complexity index is 694. The average molecular weight is 322 g/mol. The van der Waals surface area contributed by atoms with E-state index in [9.17, 15) is 0 Å². The van der Waals surface area contributed by atoms with Gasteiger partial charge in [-0.15, -0.1) is 0 Å². The molecule has 4 nitrogen and oxygen atoms in total. The van der Waals surface area contributed by atoms with E-state index >= 15 is 0 Å². The van der Waals surface area contributed by atoms with Crippen LogP contribution in [0.15, 0.2) is 36.7 Å². The molecule has 24 heavy (non-hydrogen) atoms. The smallest absolute Gasteiger partial charge is 0.134 e. The zero-order chi connectivity index (χ0) is 16.4. The maximum absolute atomic E-state index is 4.55. The summed E-state index contributed by atoms with van der Waals surface area (Å²) >= 11 is 0. The number of anilines is 2. The summed E-state index contributed by atoms with van der Waals surface area (Å²) in [7, 11) is 0. The van der Waals surface area contributed by atoms with E-state index in [4.69, 9.17) is 0 Å². The second-order valence-electron chi connectivity index (χ2n) is 7.19. The molecule has 1 fully saturated rings. The van der Waals surface area contributed by atoms with E-state index in [1.807, 2.05) is 0 Å². The number of hydrogen-bond acceptors (Lipinski definition) is 4. The number of hydrogen-bond donors (Lipinski definition) is 1. The molecule has 126 valence electrons. The lowest BCUT2D eigenvalue weighted by atomic mass is 9.95. The minimum absolute atomic E-state index is 0.456. The fraction of sp³-hybridized carbons (Fsp3) is 0.500. The third-order valence-electron chi connectivity index (χ3n) is 5.41. The largest absolute Gasteiger partial charge is 0.367 e. The summed E-state index contributed by atoms with van der Waals surface area (Å²) in [5, 5.41) is 3.62. The van der Waals surface area contributed by atoms with Crippen molar-refractivity contribution in [1.82, 2.24) is 9.97 Å². The van der Waals surface area contributed by atoms with Crippen molar-refractivity contribution in [3.8, 4) is 0 Å². The average Bonchev–Trinajstić information content (AvgIpc) is 2.62. The van der Waals surface area contributed by atoms with E-state index in [1.54, 1.807) is 6.33 Å². The molecule has 0 bridgehead atoms. The summed E-state index contributed by atoms with van der Waals surface area (Å²) in [6, 6.07) is 11.9. The fourth-order valence-corrected chi connectivity index (χ4v) is 4.02. The molecule has 4 rings (SSSR count). The Balaban J connectivity index is 1.52. The normalized spacial score (nSPS) is 21.4. The minimum Gasteiger partial charge on any atom is -0.367 e. The number of nitrogens with zero attached hydrogens (tertiary/aromatic N) is 3. The second-order valence-corrected chi connectivity index (χ2v) is 7.19. The van der Waals surface area contributed by atoms with Crippen molar-refractivity contribution in [2.45, 2.75) is 64.1 Å². The van der Waals surface area contributed by atoms with Gasteiger partial charge < -0.3 is 10.2 Å². The number of fused-ring (bicyclic) bond motifs is 1. The number of nitrogens with one attached hydrogen (secondary N) is 1. The van der Waals surface area contributed by atoms with Gasteiger partial charge in [0.25, 0.3) is 0 Å². The SMILES string of the molecule is C[C@@H]1Cc2ccccc2CN1c1cc(NC2CCCCC2)ncn1. The lowest BCUT2D eigenvalue weighted by molar-refractivity contribution is 0.462. The molecule has 2 aliphatic rings. The summed E-state index contributed by atoms with van der Waals surface area (Å²) in [4.78, 5) is 11.4. The van der Waals surface area contributed by atoms with E-state index in [0.717, 1.165) is 24.6 Å². The molecule has 1 aromatic carbocycles. The van der Waals surface area contributed by atoms with Crippen molar-refractivity contribution in [1.29, 1.82) is 0 Å². The third kappa shape index (κ3) is 3.23. The Morgan fingerprint density at radius 2 is 1.83 bits per heavy atom. The number of aromatic nitrogens is 2. The molecule has 0 unspecified atom stereocenters. The van der Waals surface area contributed by atoms with E-state index in [1.165, 1.54) is 43.2 Å². The molecular weight excluding hydrogens is 296 g/mol. The summed E-state index contributed by atoms with van der Waals surface area (Å²) in [5.41, 5.74) is 2.88. The maximum atomic E-state index is 4.55. The maximum Gasteiger partial charge on any atom is 0.134 e. The zero-order valence-corrected chi connectivity index (χ0v) is 14.4. The third-order valence-corrected chi connectivity index (χ3v) is 5.41. The first-order valence-electron chi connectivity index (χ1n) is 9.21. The molecule has 0 spiro atoms. The first-order chi connectivity index (χ1) is 11.8. The van der Waals surface area contributed by atoms with Gasteiger partial charge in [-0.1, -0.05) is 43.5 Å². The summed E-state index contributed by atoms with van der Waals surface area (Å²) in [5.74, 6) is 2.00. The quantitative estimate of drug-likeness (QED) is 0.920. The molecule has 4 heteroatoms. The Labute approximate surface area is 144 Å². The van der Waals surface area contributed by atoms with Gasteiger partial charge in [-0.25, -0.2) is 9.97 Å². The van der Waals surface area contributed by atoms with E-state index < -0.39 is 0 Å². The molecule has 0 radical (unpaired) electrons. The van der Waals surface area contributed by atoms with Gasteiger partial charge in [-0.3, -0.25) is 0 Å². The van der Waals surface area contributed by atoms with Crippen LogP contribution in [0.2, 0.25) is 0 Å². The molecule has 1 aromatic heterocycles. The van der Waals surface area contributed by atoms with E-state index in [-0.39, 0.29) is 0 Å². The Kier molecular flexibility index (Phi) is 4.37. The van der Waals surface area contributed by atoms with Crippen molar-refractivity contribution < 1.29 is 0 Å². The predicted octanol–water partition coefficient (Wildman–Crippen LogP) is 4.17. The van der Waals surface area contributed by atoms with Gasteiger partial charge in [-0.2, -0.15) is 0 Å². The van der Waals surface area contributed by atoms with Crippen LogP contribution in [0.4, 0.5) is 11.6 Å². The van der Waals surface area contributed by atoms with Crippen molar-refractivity contribution >= 4 is 11.6 Å². The standard InChI is InChI=1S/C20H26N4/c1-15-11-16-7-5-6-8-17(16)13-24(15)20-12-19(21-14-22-20)23-18-9-3-2-4-10-18/h5-8,12,14-15,18H,2-4,9-11,13H2,1H3,(H,21,22,23)/t15-/m1/s1. The van der Waals surface area contributed by atoms with Gasteiger partial charge in [0, 0.05) is 24.7 Å². The number of benzene rings is 1. The topological polar surface area (TPSA) is 41.0 Å². The molecule has 1 saturated carbocycles. The van der Waals surface area contributed by atoms with Crippen molar-refractivity contribution in [2.75, 3.05) is 10.2 Å². The molecular formula is C20H26N4. The van der Waals surface area contributed by atoms with Crippen molar-refractivity contribution in [3.63, 3.8) is 0 Å². The monoisotopic (exact) mass is 322 g/mol. The van der Waals surface area contributed by atoms with Crippen LogP contribution in [0.3, 0.4) is 0 Å². The molecule has 1 N–H and O–H groups in total. The van der Waals surface area contributed by atoms with E-state index in [2.05, 4.69) is 57.4 Å². The summed E-state index contributed by atoms with van der Waals surface area (Å²) in [6.07, 6.45) is 9.32. The van der Waals surface area contributed by atoms with Crippen LogP contribution in [0.5, 0.6) is 0 Å². The van der Waals surface area contributed by atoms with Gasteiger partial charge in [0.1, 0.15) is 18.0 Å². The molecule has 1 atom stereocenters. The highest BCUT2D eigenvalue weighted by Gasteiger charge is 2.24. The van der Waals surface area contributed by atoms with Crippen LogP contribution >= 0.6 is 0 Å². The van der Waals surface area contributed by atoms with Crippen LogP contribution in [-0.2, 0) is 13.0 Å². The summed E-state index contributed by atoms with van der Waals surface area (Å²) in [6.45, 7) is 3.21. The minimum atomic E-state index is 0.456. The first-order valence-corrected chi connectivity index (χ1v) is 9.21. The number of rotatable bonds is 3. The van der Waals surface area contributed by atoms with Gasteiger partial charge in [0.2, 0.25) is 0 Å². The summed E-state index contributed by atoms with van der Waals surface area (Å²) < 4.78 is 0.